The number of aromatic nitrogens is 3. The van der Waals surface area contributed by atoms with Crippen molar-refractivity contribution in [1.82, 2.24) is 14.8 Å². The minimum absolute atomic E-state index is 0.133. The fourth-order valence-corrected chi connectivity index (χ4v) is 3.55. The van der Waals surface area contributed by atoms with Gasteiger partial charge in [0.15, 0.2) is 11.0 Å². The van der Waals surface area contributed by atoms with Gasteiger partial charge in [-0.3, -0.25) is 4.79 Å². The number of benzene rings is 1. The van der Waals surface area contributed by atoms with Crippen molar-refractivity contribution in [1.29, 1.82) is 5.26 Å². The van der Waals surface area contributed by atoms with Gasteiger partial charge in [0.05, 0.1) is 11.3 Å². The number of nitriles is 1. The Morgan fingerprint density at radius 1 is 1.37 bits per heavy atom. The van der Waals surface area contributed by atoms with Crippen LogP contribution in [0.1, 0.15) is 11.4 Å². The summed E-state index contributed by atoms with van der Waals surface area (Å²) in [6.07, 6.45) is 0. The average Bonchev–Trinajstić information content (AvgIpc) is 3.26. The molecular weight excluding hydrogens is 389 g/mol. The van der Waals surface area contributed by atoms with Crippen molar-refractivity contribution in [2.24, 2.45) is 7.05 Å². The zero-order valence-electron chi connectivity index (χ0n) is 14.2. The molecule has 0 fully saturated rings. The van der Waals surface area contributed by atoms with E-state index in [0.717, 1.165) is 0 Å². The van der Waals surface area contributed by atoms with E-state index in [4.69, 9.17) is 10.00 Å². The first-order valence-electron chi connectivity index (χ1n) is 7.73. The first-order chi connectivity index (χ1) is 13.1. The van der Waals surface area contributed by atoms with Crippen LogP contribution in [0.4, 0.5) is 9.39 Å². The lowest BCUT2D eigenvalue weighted by molar-refractivity contribution is -0.113. The Morgan fingerprint density at radius 2 is 2.15 bits per heavy atom. The average molecular weight is 403 g/mol. The molecule has 0 aliphatic carbocycles. The number of nitrogens with zero attached hydrogens (tertiary/aromatic N) is 4. The minimum Gasteiger partial charge on any atom is -0.486 e. The third-order valence-electron chi connectivity index (χ3n) is 3.48. The normalized spacial score (nSPS) is 10.4. The van der Waals surface area contributed by atoms with Gasteiger partial charge in [-0.15, -0.1) is 21.5 Å². The van der Waals surface area contributed by atoms with Crippen molar-refractivity contribution in [2.45, 2.75) is 11.8 Å². The molecule has 0 bridgehead atoms. The summed E-state index contributed by atoms with van der Waals surface area (Å²) < 4.78 is 20.2. The van der Waals surface area contributed by atoms with Crippen LogP contribution in [0.25, 0.3) is 0 Å². The van der Waals surface area contributed by atoms with Crippen LogP contribution < -0.4 is 10.1 Å². The Bertz CT molecular complexity index is 978. The van der Waals surface area contributed by atoms with E-state index in [0.29, 0.717) is 27.3 Å². The van der Waals surface area contributed by atoms with Crippen molar-refractivity contribution < 1.29 is 13.9 Å². The molecule has 0 aliphatic rings. The van der Waals surface area contributed by atoms with Crippen LogP contribution >= 0.6 is 23.1 Å². The molecule has 0 saturated heterocycles. The molecule has 2 heterocycles. The van der Waals surface area contributed by atoms with Gasteiger partial charge in [-0.1, -0.05) is 11.8 Å². The summed E-state index contributed by atoms with van der Waals surface area (Å²) in [4.78, 5) is 12.1. The summed E-state index contributed by atoms with van der Waals surface area (Å²) in [5.74, 6) is 0.672. The predicted octanol–water partition coefficient (Wildman–Crippen LogP) is 3.20. The van der Waals surface area contributed by atoms with Crippen molar-refractivity contribution in [3.8, 4) is 11.8 Å². The maximum absolute atomic E-state index is 12.9. The summed E-state index contributed by atoms with van der Waals surface area (Å²) in [6, 6.07) is 9.38. The number of halogens is 1. The highest BCUT2D eigenvalue weighted by Gasteiger charge is 2.13. The number of carbonyl (C=O) groups excluding carboxylic acids is 1. The molecule has 27 heavy (non-hydrogen) atoms. The van der Waals surface area contributed by atoms with Gasteiger partial charge < -0.3 is 14.6 Å². The van der Waals surface area contributed by atoms with E-state index in [1.54, 1.807) is 23.1 Å². The Kier molecular flexibility index (Phi) is 6.05. The molecule has 2 aromatic heterocycles. The van der Waals surface area contributed by atoms with Crippen LogP contribution in [0.2, 0.25) is 0 Å². The highest BCUT2D eigenvalue weighted by atomic mass is 32.2. The predicted molar refractivity (Wildman–Crippen MR) is 100 cm³/mol. The van der Waals surface area contributed by atoms with Gasteiger partial charge in [0.1, 0.15) is 29.2 Å². The standard InChI is InChI=1S/C17H14FN5O2S2/c1-23-14(9-25-13-4-2-12(18)3-5-13)21-22-17(23)27-10-15(24)20-16-11(8-19)6-7-26-16/h2-7H,9-10H2,1H3,(H,20,24). The van der Waals surface area contributed by atoms with E-state index in [1.165, 1.54) is 47.4 Å². The Hall–Kier alpha value is -2.90. The number of carbonyl (C=O) groups is 1. The number of hydrogen-bond acceptors (Lipinski definition) is 7. The quantitative estimate of drug-likeness (QED) is 0.609. The highest BCUT2D eigenvalue weighted by molar-refractivity contribution is 7.99. The van der Waals surface area contributed by atoms with Crippen molar-refractivity contribution >= 4 is 34.0 Å². The number of nitrogens with one attached hydrogen (secondary N) is 1. The van der Waals surface area contributed by atoms with Crippen molar-refractivity contribution in [2.75, 3.05) is 11.1 Å². The molecule has 0 radical (unpaired) electrons. The molecule has 1 aromatic carbocycles. The van der Waals surface area contributed by atoms with Crippen LogP contribution in [0.15, 0.2) is 40.9 Å². The molecule has 0 aliphatic heterocycles. The fourth-order valence-electron chi connectivity index (χ4n) is 2.06. The monoisotopic (exact) mass is 403 g/mol. The lowest BCUT2D eigenvalue weighted by Gasteiger charge is -2.06. The number of hydrogen-bond donors (Lipinski definition) is 1. The van der Waals surface area contributed by atoms with Crippen molar-refractivity contribution in [3.05, 3.63) is 52.9 Å². The second-order valence-corrected chi connectivity index (χ2v) is 7.17. The molecule has 3 aromatic rings. The lowest BCUT2D eigenvalue weighted by atomic mass is 10.3. The molecule has 3 rings (SSSR count). The molecule has 138 valence electrons. The smallest absolute Gasteiger partial charge is 0.235 e. The minimum atomic E-state index is -0.331. The number of thioether (sulfide) groups is 1. The van der Waals surface area contributed by atoms with Crippen LogP contribution in [0.3, 0.4) is 0 Å². The highest BCUT2D eigenvalue weighted by Crippen LogP contribution is 2.23. The van der Waals surface area contributed by atoms with Gasteiger partial charge in [0.2, 0.25) is 5.91 Å². The Labute approximate surface area is 162 Å². The maximum Gasteiger partial charge on any atom is 0.235 e. The first-order valence-corrected chi connectivity index (χ1v) is 9.60. The third-order valence-corrected chi connectivity index (χ3v) is 5.33. The largest absolute Gasteiger partial charge is 0.486 e. The van der Waals surface area contributed by atoms with Gasteiger partial charge in [-0.25, -0.2) is 4.39 Å². The molecule has 1 N–H and O–H groups in total. The topological polar surface area (TPSA) is 92.8 Å². The molecule has 1 amide bonds. The number of ether oxygens (including phenoxy) is 1. The first kappa shape index (κ1) is 18.9. The van der Waals surface area contributed by atoms with Gasteiger partial charge in [-0.2, -0.15) is 5.26 Å². The molecule has 7 nitrogen and oxygen atoms in total. The zero-order chi connectivity index (χ0) is 19.2. The summed E-state index contributed by atoms with van der Waals surface area (Å²) >= 11 is 2.53. The maximum atomic E-state index is 12.9. The van der Waals surface area contributed by atoms with Gasteiger partial charge >= 0.3 is 0 Å². The van der Waals surface area contributed by atoms with Crippen LogP contribution in [-0.4, -0.2) is 26.4 Å². The Morgan fingerprint density at radius 3 is 2.89 bits per heavy atom. The third kappa shape index (κ3) is 4.84. The van der Waals surface area contributed by atoms with Crippen molar-refractivity contribution in [3.63, 3.8) is 0 Å². The molecule has 0 spiro atoms. The second-order valence-electron chi connectivity index (χ2n) is 5.31. The van der Waals surface area contributed by atoms with E-state index in [1.807, 2.05) is 6.07 Å². The SMILES string of the molecule is Cn1c(COc2ccc(F)cc2)nnc1SCC(=O)Nc1sccc1C#N. The number of rotatable bonds is 7. The zero-order valence-corrected chi connectivity index (χ0v) is 15.8. The summed E-state index contributed by atoms with van der Waals surface area (Å²) in [5.41, 5.74) is 0.442. The lowest BCUT2D eigenvalue weighted by Crippen LogP contribution is -2.14. The Balaban J connectivity index is 1.53. The van der Waals surface area contributed by atoms with Gasteiger partial charge in [-0.05, 0) is 35.7 Å². The number of anilines is 1. The van der Waals surface area contributed by atoms with Gasteiger partial charge in [0, 0.05) is 7.05 Å². The number of thiophene rings is 1. The van der Waals surface area contributed by atoms with E-state index >= 15 is 0 Å². The molecular formula is C17H14FN5O2S2. The molecule has 0 saturated carbocycles. The fraction of sp³-hybridized carbons (Fsp3) is 0.176. The van der Waals surface area contributed by atoms with Gasteiger partial charge in [0.25, 0.3) is 0 Å². The van der Waals surface area contributed by atoms with E-state index < -0.39 is 0 Å². The van der Waals surface area contributed by atoms with E-state index in [-0.39, 0.29) is 24.1 Å². The van der Waals surface area contributed by atoms with E-state index in [9.17, 15) is 9.18 Å². The van der Waals surface area contributed by atoms with E-state index in [2.05, 4.69) is 15.5 Å². The molecule has 10 heteroatoms. The summed E-state index contributed by atoms with van der Waals surface area (Å²) in [6.45, 7) is 0.169. The summed E-state index contributed by atoms with van der Waals surface area (Å²) in [5, 5.41) is 22.6. The second kappa shape index (κ2) is 8.66. The van der Waals surface area contributed by atoms with Crippen LogP contribution in [0, 0.1) is 17.1 Å². The van der Waals surface area contributed by atoms with Crippen LogP contribution in [-0.2, 0) is 18.4 Å². The molecule has 0 unspecified atom stereocenters. The molecule has 0 atom stereocenters. The van der Waals surface area contributed by atoms with Crippen LogP contribution in [0.5, 0.6) is 5.75 Å². The summed E-state index contributed by atoms with van der Waals surface area (Å²) in [7, 11) is 1.77. The number of amides is 1.